The number of benzene rings is 1. The number of rotatable bonds is 1. The summed E-state index contributed by atoms with van der Waals surface area (Å²) in [6, 6.07) is 11.9. The fourth-order valence-electron chi connectivity index (χ4n) is 2.21. The van der Waals surface area contributed by atoms with E-state index in [0.29, 0.717) is 0 Å². The summed E-state index contributed by atoms with van der Waals surface area (Å²) in [5.41, 5.74) is 3.05. The molecule has 0 aromatic heterocycles. The van der Waals surface area contributed by atoms with E-state index in [1.165, 1.54) is 26.7 Å². The summed E-state index contributed by atoms with van der Waals surface area (Å²) in [4.78, 5) is 0. The lowest BCUT2D eigenvalue weighted by Gasteiger charge is -2.41. The van der Waals surface area contributed by atoms with Crippen LogP contribution in [0.4, 0.5) is 0 Å². The first-order valence-corrected chi connectivity index (χ1v) is 9.78. The maximum absolute atomic E-state index is 2.55. The number of hydrogen-bond acceptors (Lipinski definition) is 0. The van der Waals surface area contributed by atoms with Crippen molar-refractivity contribution in [2.45, 2.75) is 18.6 Å². The molecule has 0 amide bonds. The topological polar surface area (TPSA) is 0 Å². The highest BCUT2D eigenvalue weighted by Crippen LogP contribution is 2.44. The van der Waals surface area contributed by atoms with Gasteiger partial charge >= 0.3 is 0 Å². The monoisotopic (exact) mass is 200 g/mol. The average molecular weight is 200 g/mol. The highest BCUT2D eigenvalue weighted by Gasteiger charge is 2.41. The summed E-state index contributed by atoms with van der Waals surface area (Å²) in [7, 11) is 0.410. The highest BCUT2D eigenvalue weighted by atomic mass is 29.2. The van der Waals surface area contributed by atoms with Crippen LogP contribution in [0.2, 0.25) is 18.6 Å². The second-order valence-electron chi connectivity index (χ2n) is 4.15. The lowest BCUT2D eigenvalue weighted by molar-refractivity contribution is 1.32. The van der Waals surface area contributed by atoms with E-state index in [1.807, 2.05) is 0 Å². The Balaban J connectivity index is 1.99. The minimum atomic E-state index is -0.876. The maximum Gasteiger partial charge on any atom is 0.0720 e. The van der Waals surface area contributed by atoms with Crippen LogP contribution in [0.5, 0.6) is 0 Å². The van der Waals surface area contributed by atoms with Gasteiger partial charge in [-0.25, -0.2) is 0 Å². The van der Waals surface area contributed by atoms with Crippen molar-refractivity contribution >= 4 is 27.9 Å². The molecule has 1 aromatic carbocycles. The molecule has 0 bridgehead atoms. The Kier molecular flexibility index (Phi) is 1.47. The lowest BCUT2D eigenvalue weighted by Crippen LogP contribution is -2.49. The molecule has 2 aliphatic rings. The van der Waals surface area contributed by atoms with Gasteiger partial charge in [-0.15, -0.1) is 0 Å². The molecule has 1 fully saturated rings. The molecule has 1 aliphatic heterocycles. The summed E-state index contributed by atoms with van der Waals surface area (Å²) >= 11 is 0. The first-order chi connectivity index (χ1) is 6.30. The van der Waals surface area contributed by atoms with Gasteiger partial charge in [-0.1, -0.05) is 54.2 Å². The van der Waals surface area contributed by atoms with Gasteiger partial charge in [-0.2, -0.15) is 0 Å². The predicted molar refractivity (Wildman–Crippen MR) is 61.3 cm³/mol. The van der Waals surface area contributed by atoms with Crippen LogP contribution < -0.4 is 0 Å². The molecule has 2 heteroatoms. The van der Waals surface area contributed by atoms with Gasteiger partial charge in [0.15, 0.2) is 0 Å². The minimum absolute atomic E-state index is 0.876. The second kappa shape index (κ2) is 2.45. The summed E-state index contributed by atoms with van der Waals surface area (Å²) in [5.74, 6) is 0. The van der Waals surface area contributed by atoms with Crippen LogP contribution in [-0.4, -0.2) is 16.6 Å². The van der Waals surface area contributed by atoms with Crippen LogP contribution in [0.3, 0.4) is 0 Å². The molecule has 1 saturated heterocycles. The van der Waals surface area contributed by atoms with Gasteiger partial charge in [0.2, 0.25) is 0 Å². The molecule has 1 aliphatic carbocycles. The van der Waals surface area contributed by atoms with Crippen LogP contribution in [0.15, 0.2) is 24.3 Å². The molecule has 1 atom stereocenters. The van der Waals surface area contributed by atoms with Gasteiger partial charge < -0.3 is 0 Å². The van der Waals surface area contributed by atoms with Crippen LogP contribution in [0.25, 0.3) is 11.3 Å². The standard InChI is InChI=1S/C11H12Si2/c1-13(7-6-12-13)11-8-9-4-2-3-5-10(9)11/h2-5,8H,6-7H2,1H3. The molecule has 13 heavy (non-hydrogen) atoms. The predicted octanol–water partition coefficient (Wildman–Crippen LogP) is 2.79. The Labute approximate surface area is 82.3 Å². The van der Waals surface area contributed by atoms with E-state index in [1.54, 1.807) is 10.8 Å². The van der Waals surface area contributed by atoms with E-state index in [-0.39, 0.29) is 0 Å². The van der Waals surface area contributed by atoms with Crippen molar-refractivity contribution in [3.05, 3.63) is 35.4 Å². The largest absolute Gasteiger partial charge is 0.0720 e. The Morgan fingerprint density at radius 3 is 2.69 bits per heavy atom. The third-order valence-corrected chi connectivity index (χ3v) is 12.6. The van der Waals surface area contributed by atoms with Crippen LogP contribution in [0.1, 0.15) is 11.1 Å². The average Bonchev–Trinajstić information content (AvgIpc) is 2.04. The zero-order chi connectivity index (χ0) is 8.89. The molecule has 64 valence electrons. The molecule has 0 N–H and O–H groups in total. The molecule has 1 aromatic rings. The summed E-state index contributed by atoms with van der Waals surface area (Å²) < 4.78 is 0. The van der Waals surface area contributed by atoms with Gasteiger partial charge in [0.05, 0.1) is 7.59 Å². The molecular weight excluding hydrogens is 188 g/mol. The van der Waals surface area contributed by atoms with E-state index in [2.05, 4.69) is 36.9 Å². The van der Waals surface area contributed by atoms with E-state index < -0.39 is 7.59 Å². The number of hydrogen-bond donors (Lipinski definition) is 0. The van der Waals surface area contributed by atoms with E-state index in [9.17, 15) is 0 Å². The molecule has 1 heterocycles. The van der Waals surface area contributed by atoms with Crippen molar-refractivity contribution in [1.82, 2.24) is 0 Å². The summed E-state index contributed by atoms with van der Waals surface area (Å²) in [5, 5.41) is 1.76. The van der Waals surface area contributed by atoms with Crippen molar-refractivity contribution in [1.29, 1.82) is 0 Å². The maximum atomic E-state index is 2.55. The van der Waals surface area contributed by atoms with Gasteiger partial charge in [0.25, 0.3) is 0 Å². The van der Waals surface area contributed by atoms with Crippen LogP contribution in [0, 0.1) is 0 Å². The molecule has 1 unspecified atom stereocenters. The van der Waals surface area contributed by atoms with Crippen molar-refractivity contribution in [3.8, 4) is 0 Å². The summed E-state index contributed by atoms with van der Waals surface area (Å²) in [6.07, 6.45) is 2.44. The quantitative estimate of drug-likeness (QED) is 0.612. The molecule has 3 rings (SSSR count). The Morgan fingerprint density at radius 2 is 2.08 bits per heavy atom. The van der Waals surface area contributed by atoms with E-state index >= 15 is 0 Å². The fourth-order valence-corrected chi connectivity index (χ4v) is 9.16. The minimum Gasteiger partial charge on any atom is -0.0676 e. The molecule has 0 saturated carbocycles. The van der Waals surface area contributed by atoms with Crippen molar-refractivity contribution < 1.29 is 0 Å². The zero-order valence-corrected chi connectivity index (χ0v) is 9.80. The fraction of sp³-hybridized carbons (Fsp3) is 0.273. The smallest absolute Gasteiger partial charge is 0.0676 e. The van der Waals surface area contributed by atoms with Gasteiger partial charge in [-0.05, 0) is 11.1 Å². The van der Waals surface area contributed by atoms with Crippen molar-refractivity contribution in [2.75, 3.05) is 0 Å². The SMILES string of the molecule is C[Si]1(C2=Cc3ccccc32)CC[Si]1. The third kappa shape index (κ3) is 0.958. The Hall–Kier alpha value is -0.606. The summed E-state index contributed by atoms with van der Waals surface area (Å²) in [6.45, 7) is 2.55. The van der Waals surface area contributed by atoms with Gasteiger partial charge in [0, 0.05) is 9.04 Å². The zero-order valence-electron chi connectivity index (χ0n) is 7.80. The van der Waals surface area contributed by atoms with E-state index in [0.717, 1.165) is 0 Å². The highest BCUT2D eigenvalue weighted by molar-refractivity contribution is 7.37. The van der Waals surface area contributed by atoms with Crippen molar-refractivity contribution in [3.63, 3.8) is 0 Å². The first kappa shape index (κ1) is 7.77. The Morgan fingerprint density at radius 1 is 1.31 bits per heavy atom. The lowest BCUT2D eigenvalue weighted by atomic mass is 9.98. The van der Waals surface area contributed by atoms with Gasteiger partial charge in [0.1, 0.15) is 0 Å². The second-order valence-corrected chi connectivity index (χ2v) is 13.1. The molecular formula is C11H12Si2. The normalized spacial score (nSPS) is 29.8. The van der Waals surface area contributed by atoms with Crippen LogP contribution in [-0.2, 0) is 0 Å². The van der Waals surface area contributed by atoms with Crippen molar-refractivity contribution in [2.24, 2.45) is 0 Å². The number of fused-ring (bicyclic) bond motifs is 1. The molecule has 2 radical (unpaired) electrons. The molecule has 0 spiro atoms. The molecule has 0 nitrogen and oxygen atoms in total. The van der Waals surface area contributed by atoms with Gasteiger partial charge in [-0.3, -0.25) is 0 Å². The first-order valence-electron chi connectivity index (χ1n) is 4.86. The van der Waals surface area contributed by atoms with Crippen LogP contribution >= 0.6 is 0 Å². The van der Waals surface area contributed by atoms with E-state index in [4.69, 9.17) is 0 Å². The Bertz CT molecular complexity index is 389. The third-order valence-electron chi connectivity index (χ3n) is 3.29.